The van der Waals surface area contributed by atoms with Gasteiger partial charge in [0.05, 0.1) is 0 Å². The third-order valence-corrected chi connectivity index (χ3v) is 1.90. The molecule has 14 heavy (non-hydrogen) atoms. The molecular formula is C9H12F2N2O. The molecule has 0 amide bonds. The van der Waals surface area contributed by atoms with Crippen LogP contribution in [0.15, 0.2) is 18.5 Å². The van der Waals surface area contributed by atoms with Crippen molar-refractivity contribution in [1.82, 2.24) is 4.98 Å². The van der Waals surface area contributed by atoms with Crippen LogP contribution >= 0.6 is 0 Å². The largest absolute Gasteiger partial charge is 0.396 e. The second-order valence-electron chi connectivity index (χ2n) is 2.97. The van der Waals surface area contributed by atoms with Gasteiger partial charge in [-0.3, -0.25) is 4.98 Å². The average Bonchev–Trinajstić information content (AvgIpc) is 2.18. The predicted molar refractivity (Wildman–Crippen MR) is 47.8 cm³/mol. The highest BCUT2D eigenvalue weighted by Crippen LogP contribution is 2.21. The lowest BCUT2D eigenvalue weighted by Crippen LogP contribution is -2.12. The summed E-state index contributed by atoms with van der Waals surface area (Å²) in [5, 5.41) is 8.63. The predicted octanol–water partition coefficient (Wildman–Crippen LogP) is 1.40. The number of halogens is 2. The SMILES string of the molecule is NC(CCO)c1cncc(C(F)F)c1. The van der Waals surface area contributed by atoms with E-state index in [1.807, 2.05) is 0 Å². The Bertz CT molecular complexity index is 294. The molecule has 78 valence electrons. The van der Waals surface area contributed by atoms with Gasteiger partial charge in [-0.2, -0.15) is 0 Å². The minimum Gasteiger partial charge on any atom is -0.396 e. The van der Waals surface area contributed by atoms with Gasteiger partial charge in [0.2, 0.25) is 0 Å². The summed E-state index contributed by atoms with van der Waals surface area (Å²) in [6.45, 7) is -0.0694. The number of hydrogen-bond acceptors (Lipinski definition) is 3. The fourth-order valence-electron chi connectivity index (χ4n) is 1.10. The standard InChI is InChI=1S/C9H12F2N2O/c10-9(11)7-3-6(4-13-5-7)8(12)1-2-14/h3-5,8-9,14H,1-2,12H2. The summed E-state index contributed by atoms with van der Waals surface area (Å²) < 4.78 is 24.5. The maximum atomic E-state index is 12.3. The number of hydrogen-bond donors (Lipinski definition) is 2. The second kappa shape index (κ2) is 4.97. The number of aliphatic hydroxyl groups excluding tert-OH is 1. The fraction of sp³-hybridized carbons (Fsp3) is 0.444. The van der Waals surface area contributed by atoms with Crippen LogP contribution in [0.5, 0.6) is 0 Å². The molecule has 0 aliphatic rings. The molecule has 0 aliphatic heterocycles. The molecule has 0 spiro atoms. The molecule has 0 aromatic carbocycles. The van der Waals surface area contributed by atoms with Gasteiger partial charge in [0.1, 0.15) is 0 Å². The molecule has 0 saturated carbocycles. The Balaban J connectivity index is 2.82. The molecule has 1 aromatic rings. The zero-order valence-electron chi connectivity index (χ0n) is 7.53. The Morgan fingerprint density at radius 3 is 2.57 bits per heavy atom. The molecule has 0 aliphatic carbocycles. The summed E-state index contributed by atoms with van der Waals surface area (Å²) in [4.78, 5) is 3.67. The summed E-state index contributed by atoms with van der Waals surface area (Å²) in [7, 11) is 0. The number of nitrogens with two attached hydrogens (primary N) is 1. The number of nitrogens with zero attached hydrogens (tertiary/aromatic N) is 1. The van der Waals surface area contributed by atoms with Crippen LogP contribution < -0.4 is 5.73 Å². The highest BCUT2D eigenvalue weighted by atomic mass is 19.3. The lowest BCUT2D eigenvalue weighted by atomic mass is 10.1. The van der Waals surface area contributed by atoms with Gasteiger partial charge in [0, 0.05) is 30.6 Å². The summed E-state index contributed by atoms with van der Waals surface area (Å²) >= 11 is 0. The van der Waals surface area contributed by atoms with Crippen LogP contribution in [-0.2, 0) is 0 Å². The van der Waals surface area contributed by atoms with Crippen molar-refractivity contribution in [3.8, 4) is 0 Å². The number of aromatic nitrogens is 1. The first-order chi connectivity index (χ1) is 6.65. The minimum atomic E-state index is -2.54. The van der Waals surface area contributed by atoms with E-state index in [2.05, 4.69) is 4.98 Å². The van der Waals surface area contributed by atoms with Crippen LogP contribution in [0.25, 0.3) is 0 Å². The lowest BCUT2D eigenvalue weighted by molar-refractivity contribution is 0.151. The van der Waals surface area contributed by atoms with Gasteiger partial charge in [0.15, 0.2) is 0 Å². The van der Waals surface area contributed by atoms with Crippen molar-refractivity contribution in [2.24, 2.45) is 5.73 Å². The molecule has 0 radical (unpaired) electrons. The first-order valence-corrected chi connectivity index (χ1v) is 4.24. The Morgan fingerprint density at radius 2 is 2.00 bits per heavy atom. The van der Waals surface area contributed by atoms with Gasteiger partial charge in [-0.15, -0.1) is 0 Å². The lowest BCUT2D eigenvalue weighted by Gasteiger charge is -2.10. The van der Waals surface area contributed by atoms with Gasteiger partial charge in [-0.25, -0.2) is 8.78 Å². The van der Waals surface area contributed by atoms with Crippen molar-refractivity contribution in [3.05, 3.63) is 29.6 Å². The third-order valence-electron chi connectivity index (χ3n) is 1.90. The van der Waals surface area contributed by atoms with E-state index >= 15 is 0 Å². The Kier molecular flexibility index (Phi) is 3.91. The van der Waals surface area contributed by atoms with E-state index in [1.54, 1.807) is 0 Å². The summed E-state index contributed by atoms with van der Waals surface area (Å²) in [5.74, 6) is 0. The molecule has 1 rings (SSSR count). The highest BCUT2D eigenvalue weighted by molar-refractivity contribution is 5.21. The van der Waals surface area contributed by atoms with Crippen LogP contribution in [0.4, 0.5) is 8.78 Å². The third kappa shape index (κ3) is 2.71. The zero-order chi connectivity index (χ0) is 10.6. The highest BCUT2D eigenvalue weighted by Gasteiger charge is 2.11. The van der Waals surface area contributed by atoms with Crippen LogP contribution in [-0.4, -0.2) is 16.7 Å². The van der Waals surface area contributed by atoms with Crippen LogP contribution in [0.1, 0.15) is 30.0 Å². The molecule has 1 unspecified atom stereocenters. The van der Waals surface area contributed by atoms with Gasteiger partial charge < -0.3 is 10.8 Å². The minimum absolute atomic E-state index is 0.0694. The molecule has 1 heterocycles. The van der Waals surface area contributed by atoms with Crippen LogP contribution in [0.2, 0.25) is 0 Å². The summed E-state index contributed by atoms with van der Waals surface area (Å²) in [6.07, 6.45) is 0.351. The van der Waals surface area contributed by atoms with Crippen molar-refractivity contribution in [3.63, 3.8) is 0 Å². The molecule has 1 aromatic heterocycles. The van der Waals surface area contributed by atoms with E-state index in [9.17, 15) is 8.78 Å². The van der Waals surface area contributed by atoms with Crippen molar-refractivity contribution in [2.75, 3.05) is 6.61 Å². The number of pyridine rings is 1. The number of rotatable bonds is 4. The van der Waals surface area contributed by atoms with Crippen LogP contribution in [0.3, 0.4) is 0 Å². The van der Waals surface area contributed by atoms with Crippen molar-refractivity contribution < 1.29 is 13.9 Å². The average molecular weight is 202 g/mol. The van der Waals surface area contributed by atoms with Crippen molar-refractivity contribution in [1.29, 1.82) is 0 Å². The summed E-state index contributed by atoms with van der Waals surface area (Å²) in [6, 6.07) is 0.879. The van der Waals surface area contributed by atoms with E-state index in [1.165, 1.54) is 12.3 Å². The van der Waals surface area contributed by atoms with E-state index in [0.717, 1.165) is 6.20 Å². The Labute approximate surface area is 80.6 Å². The molecule has 0 saturated heterocycles. The molecule has 3 nitrogen and oxygen atoms in total. The van der Waals surface area contributed by atoms with Gasteiger partial charge in [-0.1, -0.05) is 0 Å². The summed E-state index contributed by atoms with van der Waals surface area (Å²) in [5.41, 5.74) is 6.01. The monoisotopic (exact) mass is 202 g/mol. The van der Waals surface area contributed by atoms with E-state index in [4.69, 9.17) is 10.8 Å². The molecule has 0 bridgehead atoms. The molecular weight excluding hydrogens is 190 g/mol. The molecule has 1 atom stereocenters. The van der Waals surface area contributed by atoms with Crippen molar-refractivity contribution in [2.45, 2.75) is 18.9 Å². The molecule has 3 N–H and O–H groups in total. The number of alkyl halides is 2. The smallest absolute Gasteiger partial charge is 0.265 e. The maximum absolute atomic E-state index is 12.3. The van der Waals surface area contributed by atoms with Gasteiger partial charge >= 0.3 is 0 Å². The van der Waals surface area contributed by atoms with E-state index < -0.39 is 12.5 Å². The quantitative estimate of drug-likeness (QED) is 0.775. The Hall–Kier alpha value is -1.07. The van der Waals surface area contributed by atoms with Crippen molar-refractivity contribution >= 4 is 0 Å². The number of aliphatic hydroxyl groups is 1. The Morgan fingerprint density at radius 1 is 1.36 bits per heavy atom. The first kappa shape index (κ1) is 11.0. The molecule has 5 heteroatoms. The fourth-order valence-corrected chi connectivity index (χ4v) is 1.10. The second-order valence-corrected chi connectivity index (χ2v) is 2.97. The molecule has 0 fully saturated rings. The maximum Gasteiger partial charge on any atom is 0.265 e. The van der Waals surface area contributed by atoms with Gasteiger partial charge in [-0.05, 0) is 18.1 Å². The van der Waals surface area contributed by atoms with Crippen LogP contribution in [0, 0.1) is 0 Å². The topological polar surface area (TPSA) is 59.1 Å². The van der Waals surface area contributed by atoms with E-state index in [0.29, 0.717) is 12.0 Å². The van der Waals surface area contributed by atoms with Gasteiger partial charge in [0.25, 0.3) is 6.43 Å². The normalized spacial score (nSPS) is 13.2. The first-order valence-electron chi connectivity index (χ1n) is 4.24. The van der Waals surface area contributed by atoms with E-state index in [-0.39, 0.29) is 12.2 Å². The zero-order valence-corrected chi connectivity index (χ0v) is 7.53.